The van der Waals surface area contributed by atoms with E-state index in [4.69, 9.17) is 26.5 Å². The fourth-order valence-corrected chi connectivity index (χ4v) is 9.45. The number of thiocarbonyl (C=S) groups is 1. The molecule has 0 saturated carbocycles. The first kappa shape index (κ1) is 44.8. The van der Waals surface area contributed by atoms with Crippen LogP contribution in [0.2, 0.25) is 0 Å². The molecule has 3 amide bonds. The Morgan fingerprint density at radius 1 is 0.939 bits per heavy atom. The lowest BCUT2D eigenvalue weighted by Gasteiger charge is -2.33. The maximum Gasteiger partial charge on any atom is 0.336 e. The molecule has 0 bridgehead atoms. The molecule has 4 unspecified atom stereocenters. The molecule has 1 heterocycles. The van der Waals surface area contributed by atoms with Crippen molar-refractivity contribution in [3.8, 4) is 0 Å². The zero-order chi connectivity index (χ0) is 37.2. The minimum atomic E-state index is -1.38. The third-order valence-electron chi connectivity index (χ3n) is 8.32. The van der Waals surface area contributed by atoms with Gasteiger partial charge in [0.05, 0.1) is 13.0 Å². The molecule has 11 nitrogen and oxygen atoms in total. The number of amides is 3. The van der Waals surface area contributed by atoms with Crippen LogP contribution in [0.15, 0.2) is 0 Å². The van der Waals surface area contributed by atoms with E-state index >= 15 is 0 Å². The van der Waals surface area contributed by atoms with Crippen LogP contribution in [0.25, 0.3) is 0 Å². The summed E-state index contributed by atoms with van der Waals surface area (Å²) in [4.78, 5) is 81.8. The van der Waals surface area contributed by atoms with Crippen molar-refractivity contribution in [2.45, 2.75) is 160 Å². The fourth-order valence-electron chi connectivity index (χ4n) is 5.74. The second-order valence-electron chi connectivity index (χ2n) is 13.9. The number of imide groups is 1. The average molecular weight is 747 g/mol. The molecule has 0 aliphatic carbocycles. The maximum absolute atomic E-state index is 13.8. The van der Waals surface area contributed by atoms with Gasteiger partial charge in [0, 0.05) is 30.1 Å². The fraction of sp³-hybridized carbons (Fsp3) is 0.800. The summed E-state index contributed by atoms with van der Waals surface area (Å²) in [5, 5.41) is 3.51. The van der Waals surface area contributed by atoms with Crippen molar-refractivity contribution >= 4 is 75.4 Å². The molecule has 1 N–H and O–H groups in total. The summed E-state index contributed by atoms with van der Waals surface area (Å²) in [5.74, 6) is -5.31. The van der Waals surface area contributed by atoms with Gasteiger partial charge in [-0.05, 0) is 60.3 Å². The molecule has 1 fully saturated rings. The highest BCUT2D eigenvalue weighted by Gasteiger charge is 2.45. The van der Waals surface area contributed by atoms with Crippen molar-refractivity contribution < 1.29 is 43.1 Å². The van der Waals surface area contributed by atoms with Crippen LogP contribution in [-0.4, -0.2) is 73.5 Å². The number of carbonyl (C=O) groups excluding carboxylic acids is 6. The number of carbonyl (C=O) groups is 6. The number of hydrogen-bond acceptors (Lipinski definition) is 12. The molecule has 1 saturated heterocycles. The zero-order valence-corrected chi connectivity index (χ0v) is 33.1. The average Bonchev–Trinajstić information content (AvgIpc) is 3.32. The number of rotatable bonds is 24. The predicted octanol–water partition coefficient (Wildman–Crippen LogP) is 7.07. The second kappa shape index (κ2) is 22.6. The van der Waals surface area contributed by atoms with Gasteiger partial charge in [-0.25, -0.2) is 4.79 Å². The van der Waals surface area contributed by atoms with Crippen LogP contribution < -0.4 is 5.32 Å². The van der Waals surface area contributed by atoms with Crippen molar-refractivity contribution in [3.05, 3.63) is 0 Å². The SMILES string of the molecule is CCCCCCCCCCC(C)SC(=S)SC(C)(CC(CC(CC(C)(C)OC=O)C(=O)NC(C)C)C(=O)ON1C(=O)CCC1=O)C(=O)OC. The Morgan fingerprint density at radius 2 is 1.51 bits per heavy atom. The maximum atomic E-state index is 13.8. The van der Waals surface area contributed by atoms with Gasteiger partial charge >= 0.3 is 11.9 Å². The number of nitrogens with zero attached hydrogens (tertiary/aromatic N) is 1. The minimum absolute atomic E-state index is 0.0439. The first-order valence-corrected chi connectivity index (χ1v) is 19.6. The Balaban J connectivity index is 3.22. The van der Waals surface area contributed by atoms with Crippen LogP contribution in [0.1, 0.15) is 138 Å². The van der Waals surface area contributed by atoms with E-state index in [1.165, 1.54) is 57.4 Å². The van der Waals surface area contributed by atoms with Crippen LogP contribution in [0.3, 0.4) is 0 Å². The number of hydroxylamine groups is 2. The lowest BCUT2D eigenvalue weighted by atomic mass is 9.81. The molecular weight excluding hydrogens is 689 g/mol. The summed E-state index contributed by atoms with van der Waals surface area (Å²) in [6, 6.07) is -0.228. The van der Waals surface area contributed by atoms with Gasteiger partial charge in [-0.2, -0.15) is 0 Å². The molecule has 280 valence electrons. The Hall–Kier alpha value is -2.19. The van der Waals surface area contributed by atoms with E-state index in [2.05, 4.69) is 19.2 Å². The highest BCUT2D eigenvalue weighted by molar-refractivity contribution is 8.47. The summed E-state index contributed by atoms with van der Waals surface area (Å²) in [5.41, 5.74) is -1.07. The summed E-state index contributed by atoms with van der Waals surface area (Å²) in [7, 11) is 1.25. The molecular formula is C35H58N2O9S3. The van der Waals surface area contributed by atoms with E-state index in [9.17, 15) is 28.8 Å². The van der Waals surface area contributed by atoms with Crippen LogP contribution >= 0.6 is 35.7 Å². The standard InChI is InChI=1S/C35H58N2O9S3/c1-9-10-11-12-13-14-15-16-17-25(4)48-33(47)49-35(7,32(43)44-8)22-27(31(42)46-37-28(39)18-19-29(37)40)20-26(30(41)36-24(2)3)21-34(5,6)45-23-38/h23-27H,9-22H2,1-8H3,(H,36,41). The number of nitrogens with one attached hydrogen (secondary N) is 1. The van der Waals surface area contributed by atoms with Crippen molar-refractivity contribution in [1.29, 1.82) is 0 Å². The summed E-state index contributed by atoms with van der Waals surface area (Å²) in [6.07, 6.45) is 10.3. The van der Waals surface area contributed by atoms with E-state index in [0.717, 1.165) is 31.0 Å². The van der Waals surface area contributed by atoms with Crippen molar-refractivity contribution in [3.63, 3.8) is 0 Å². The summed E-state index contributed by atoms with van der Waals surface area (Å²) in [6.45, 7) is 13.1. The third-order valence-corrected chi connectivity index (χ3v) is 11.2. The molecule has 0 spiro atoms. The lowest BCUT2D eigenvalue weighted by molar-refractivity contribution is -0.201. The Labute approximate surface area is 306 Å². The normalized spacial score (nSPS) is 16.5. The zero-order valence-electron chi connectivity index (χ0n) is 30.6. The molecule has 0 aromatic heterocycles. The van der Waals surface area contributed by atoms with Crippen LogP contribution in [0, 0.1) is 11.8 Å². The third kappa shape index (κ3) is 17.1. The van der Waals surface area contributed by atoms with E-state index in [1.807, 2.05) is 0 Å². The van der Waals surface area contributed by atoms with E-state index in [-0.39, 0.29) is 43.4 Å². The highest BCUT2D eigenvalue weighted by Crippen LogP contribution is 2.41. The predicted molar refractivity (Wildman–Crippen MR) is 197 cm³/mol. The Kier molecular flexibility index (Phi) is 20.7. The highest BCUT2D eigenvalue weighted by atomic mass is 32.2. The van der Waals surface area contributed by atoms with Gasteiger partial charge in [0.15, 0.2) is 0 Å². The Bertz CT molecular complexity index is 1120. The summed E-state index contributed by atoms with van der Waals surface area (Å²) >= 11 is 8.34. The quantitative estimate of drug-likeness (QED) is 0.0354. The van der Waals surface area contributed by atoms with Crippen LogP contribution in [-0.2, 0) is 43.1 Å². The van der Waals surface area contributed by atoms with Gasteiger partial charge in [0.25, 0.3) is 18.3 Å². The van der Waals surface area contributed by atoms with Gasteiger partial charge < -0.3 is 19.6 Å². The second-order valence-corrected chi connectivity index (χ2v) is 18.1. The molecule has 1 aliphatic heterocycles. The van der Waals surface area contributed by atoms with Crippen LogP contribution in [0.5, 0.6) is 0 Å². The van der Waals surface area contributed by atoms with Crippen molar-refractivity contribution in [2.75, 3.05) is 7.11 Å². The smallest absolute Gasteiger partial charge is 0.336 e. The lowest BCUT2D eigenvalue weighted by Crippen LogP contribution is -2.44. The first-order valence-electron chi connectivity index (χ1n) is 17.5. The number of methoxy groups -OCH3 is 1. The van der Waals surface area contributed by atoms with Crippen molar-refractivity contribution in [1.82, 2.24) is 10.4 Å². The first-order chi connectivity index (χ1) is 23.0. The number of thioether (sulfide) groups is 2. The molecule has 0 aromatic carbocycles. The van der Waals surface area contributed by atoms with Gasteiger partial charge in [-0.3, -0.25) is 24.0 Å². The largest absolute Gasteiger partial charge is 0.468 e. The number of hydrogen-bond donors (Lipinski definition) is 1. The number of esters is 1. The monoisotopic (exact) mass is 746 g/mol. The molecule has 1 rings (SSSR count). The minimum Gasteiger partial charge on any atom is -0.468 e. The molecule has 14 heteroatoms. The van der Waals surface area contributed by atoms with E-state index in [0.29, 0.717) is 15.1 Å². The summed E-state index contributed by atoms with van der Waals surface area (Å²) < 4.78 is 9.53. The molecule has 0 aromatic rings. The van der Waals surface area contributed by atoms with Crippen LogP contribution in [0.4, 0.5) is 0 Å². The molecule has 49 heavy (non-hydrogen) atoms. The van der Waals surface area contributed by atoms with Gasteiger partial charge in [-0.15, -0.1) is 16.8 Å². The molecule has 1 aliphatic rings. The Morgan fingerprint density at radius 3 is 2.04 bits per heavy atom. The number of unbranched alkanes of at least 4 members (excludes halogenated alkanes) is 7. The molecule has 4 atom stereocenters. The van der Waals surface area contributed by atoms with E-state index in [1.54, 1.807) is 34.6 Å². The van der Waals surface area contributed by atoms with Gasteiger partial charge in [0.2, 0.25) is 5.91 Å². The van der Waals surface area contributed by atoms with Crippen molar-refractivity contribution in [2.24, 2.45) is 11.8 Å². The number of ether oxygens (including phenoxy) is 2. The van der Waals surface area contributed by atoms with Gasteiger partial charge in [0.1, 0.15) is 13.9 Å². The topological polar surface area (TPSA) is 145 Å². The van der Waals surface area contributed by atoms with E-state index < -0.39 is 51.8 Å². The molecule has 0 radical (unpaired) electrons. The van der Waals surface area contributed by atoms with Gasteiger partial charge in [-0.1, -0.05) is 89.2 Å².